The van der Waals surface area contributed by atoms with E-state index < -0.39 is 10.0 Å². The topological polar surface area (TPSA) is 90.3 Å². The average Bonchev–Trinajstić information content (AvgIpc) is 2.99. The summed E-state index contributed by atoms with van der Waals surface area (Å²) in [6, 6.07) is 8.50. The number of hydrogen-bond acceptors (Lipinski definition) is 4. The van der Waals surface area contributed by atoms with Crippen LogP contribution in [-0.4, -0.2) is 33.2 Å². The van der Waals surface area contributed by atoms with Gasteiger partial charge in [0.15, 0.2) is 0 Å². The van der Waals surface area contributed by atoms with Gasteiger partial charge in [-0.05, 0) is 37.1 Å². The minimum Gasteiger partial charge on any atom is -0.353 e. The molecule has 23 heavy (non-hydrogen) atoms. The molecule has 0 unspecified atom stereocenters. The number of amides is 1. The van der Waals surface area contributed by atoms with E-state index in [1.54, 1.807) is 24.3 Å². The van der Waals surface area contributed by atoms with Gasteiger partial charge >= 0.3 is 0 Å². The number of nitrogens with zero attached hydrogens (tertiary/aromatic N) is 2. The fourth-order valence-corrected chi connectivity index (χ4v) is 3.69. The Morgan fingerprint density at radius 3 is 2.43 bits per heavy atom. The molecule has 0 bridgehead atoms. The van der Waals surface area contributed by atoms with Crippen molar-refractivity contribution in [1.29, 1.82) is 5.26 Å². The van der Waals surface area contributed by atoms with Gasteiger partial charge in [-0.3, -0.25) is 9.10 Å². The van der Waals surface area contributed by atoms with E-state index in [1.165, 1.54) is 4.31 Å². The van der Waals surface area contributed by atoms with Crippen molar-refractivity contribution in [3.63, 3.8) is 0 Å². The van der Waals surface area contributed by atoms with Crippen molar-refractivity contribution in [2.75, 3.05) is 17.1 Å². The number of anilines is 1. The lowest BCUT2D eigenvalue weighted by atomic mass is 10.2. The Morgan fingerprint density at radius 2 is 1.91 bits per heavy atom. The van der Waals surface area contributed by atoms with Gasteiger partial charge in [-0.2, -0.15) is 5.26 Å². The molecule has 1 fully saturated rings. The van der Waals surface area contributed by atoms with E-state index in [9.17, 15) is 13.2 Å². The fourth-order valence-electron chi connectivity index (χ4n) is 2.76. The van der Waals surface area contributed by atoms with E-state index >= 15 is 0 Å². The first-order valence-corrected chi connectivity index (χ1v) is 9.52. The van der Waals surface area contributed by atoms with Crippen LogP contribution in [0.25, 0.3) is 0 Å². The van der Waals surface area contributed by atoms with E-state index in [0.29, 0.717) is 11.3 Å². The molecule has 0 saturated heterocycles. The molecule has 0 atom stereocenters. The summed E-state index contributed by atoms with van der Waals surface area (Å²) >= 11 is 0. The molecule has 0 spiro atoms. The number of rotatable bonds is 6. The van der Waals surface area contributed by atoms with Crippen LogP contribution in [0.3, 0.4) is 0 Å². The largest absolute Gasteiger partial charge is 0.353 e. The zero-order chi connectivity index (χ0) is 16.9. The highest BCUT2D eigenvalue weighted by molar-refractivity contribution is 7.92. The van der Waals surface area contributed by atoms with Crippen LogP contribution >= 0.6 is 0 Å². The van der Waals surface area contributed by atoms with Crippen molar-refractivity contribution < 1.29 is 13.2 Å². The van der Waals surface area contributed by atoms with Crippen LogP contribution in [0.1, 0.15) is 37.7 Å². The summed E-state index contributed by atoms with van der Waals surface area (Å²) in [6.07, 6.45) is 5.48. The summed E-state index contributed by atoms with van der Waals surface area (Å²) in [5.41, 5.74) is 0.918. The standard InChI is InChI=1S/C16H21N3O3S/c1-23(21,22)19(15-8-6-13(12-17)7-9-15)11-10-16(20)18-14-4-2-3-5-14/h6-9,14H,2-5,10-11H2,1H3,(H,18,20). The van der Waals surface area contributed by atoms with Gasteiger partial charge in [0.1, 0.15) is 0 Å². The normalized spacial score (nSPS) is 15.1. The van der Waals surface area contributed by atoms with Crippen LogP contribution in [0.2, 0.25) is 0 Å². The Morgan fingerprint density at radius 1 is 1.30 bits per heavy atom. The predicted molar refractivity (Wildman–Crippen MR) is 88.4 cm³/mol. The highest BCUT2D eigenvalue weighted by Crippen LogP contribution is 2.20. The molecule has 1 aromatic rings. The molecular weight excluding hydrogens is 314 g/mol. The van der Waals surface area contributed by atoms with Gasteiger partial charge in [0, 0.05) is 19.0 Å². The molecule has 1 saturated carbocycles. The summed E-state index contributed by atoms with van der Waals surface area (Å²) < 4.78 is 25.1. The molecule has 0 heterocycles. The maximum atomic E-state index is 12.0. The molecule has 0 aliphatic heterocycles. The number of sulfonamides is 1. The summed E-state index contributed by atoms with van der Waals surface area (Å²) in [6.45, 7) is 0.0866. The van der Waals surface area contributed by atoms with E-state index in [1.807, 2.05) is 6.07 Å². The van der Waals surface area contributed by atoms with Crippen molar-refractivity contribution >= 4 is 21.6 Å². The van der Waals surface area contributed by atoms with Crippen LogP contribution in [0.15, 0.2) is 24.3 Å². The van der Waals surface area contributed by atoms with Crippen molar-refractivity contribution in [3.8, 4) is 6.07 Å². The molecule has 1 aliphatic rings. The molecule has 1 amide bonds. The van der Waals surface area contributed by atoms with Crippen LogP contribution < -0.4 is 9.62 Å². The molecule has 0 aromatic heterocycles. The minimum atomic E-state index is -3.49. The number of benzene rings is 1. The molecule has 124 valence electrons. The smallest absolute Gasteiger partial charge is 0.232 e. The van der Waals surface area contributed by atoms with E-state index in [0.717, 1.165) is 31.9 Å². The molecule has 0 radical (unpaired) electrons. The Labute approximate surface area is 137 Å². The predicted octanol–water partition coefficient (Wildman–Crippen LogP) is 1.77. The maximum absolute atomic E-state index is 12.0. The Bertz CT molecular complexity index is 686. The SMILES string of the molecule is CS(=O)(=O)N(CCC(=O)NC1CCCC1)c1ccc(C#N)cc1. The molecule has 6 nitrogen and oxygen atoms in total. The third-order valence-corrected chi connectivity index (χ3v) is 5.14. The first-order chi connectivity index (χ1) is 10.9. The lowest BCUT2D eigenvalue weighted by Crippen LogP contribution is -2.37. The van der Waals surface area contributed by atoms with Crippen LogP contribution in [-0.2, 0) is 14.8 Å². The van der Waals surface area contributed by atoms with Gasteiger partial charge < -0.3 is 5.32 Å². The van der Waals surface area contributed by atoms with Crippen LogP contribution in [0.4, 0.5) is 5.69 Å². The van der Waals surface area contributed by atoms with Gasteiger partial charge in [-0.25, -0.2) is 8.42 Å². The van der Waals surface area contributed by atoms with Crippen LogP contribution in [0.5, 0.6) is 0 Å². The molecule has 7 heteroatoms. The number of nitriles is 1. The molecular formula is C16H21N3O3S. The quantitative estimate of drug-likeness (QED) is 0.858. The first kappa shape index (κ1) is 17.3. The van der Waals surface area contributed by atoms with Crippen molar-refractivity contribution in [2.45, 2.75) is 38.1 Å². The molecule has 2 rings (SSSR count). The second-order valence-corrected chi connectivity index (χ2v) is 7.70. The zero-order valence-corrected chi connectivity index (χ0v) is 14.0. The Hall–Kier alpha value is -2.07. The fraction of sp³-hybridized carbons (Fsp3) is 0.500. The zero-order valence-electron chi connectivity index (χ0n) is 13.2. The molecule has 1 aromatic carbocycles. The Balaban J connectivity index is 2.01. The Kier molecular flexibility index (Phi) is 5.61. The minimum absolute atomic E-state index is 0.0866. The summed E-state index contributed by atoms with van der Waals surface area (Å²) in [5.74, 6) is -0.126. The number of carbonyl (C=O) groups excluding carboxylic acids is 1. The highest BCUT2D eigenvalue weighted by Gasteiger charge is 2.21. The van der Waals surface area contributed by atoms with E-state index in [2.05, 4.69) is 5.32 Å². The lowest BCUT2D eigenvalue weighted by Gasteiger charge is -2.22. The second kappa shape index (κ2) is 7.47. The average molecular weight is 335 g/mol. The molecule has 1 N–H and O–H groups in total. The van der Waals surface area contributed by atoms with Crippen molar-refractivity contribution in [1.82, 2.24) is 5.32 Å². The summed E-state index contributed by atoms with van der Waals surface area (Å²) in [4.78, 5) is 12.0. The van der Waals surface area contributed by atoms with E-state index in [-0.39, 0.29) is 24.9 Å². The third kappa shape index (κ3) is 4.96. The van der Waals surface area contributed by atoms with Gasteiger partial charge in [0.25, 0.3) is 0 Å². The van der Waals surface area contributed by atoms with Gasteiger partial charge in [0.05, 0.1) is 23.6 Å². The summed E-state index contributed by atoms with van der Waals surface area (Å²) in [7, 11) is -3.49. The number of hydrogen-bond donors (Lipinski definition) is 1. The number of carbonyl (C=O) groups is 1. The summed E-state index contributed by atoms with van der Waals surface area (Å²) in [5, 5.41) is 11.8. The maximum Gasteiger partial charge on any atom is 0.232 e. The second-order valence-electron chi connectivity index (χ2n) is 5.79. The van der Waals surface area contributed by atoms with Gasteiger partial charge in [0.2, 0.25) is 15.9 Å². The lowest BCUT2D eigenvalue weighted by molar-refractivity contribution is -0.121. The monoisotopic (exact) mass is 335 g/mol. The first-order valence-electron chi connectivity index (χ1n) is 7.67. The highest BCUT2D eigenvalue weighted by atomic mass is 32.2. The third-order valence-electron chi connectivity index (χ3n) is 3.95. The van der Waals surface area contributed by atoms with Crippen molar-refractivity contribution in [2.24, 2.45) is 0 Å². The van der Waals surface area contributed by atoms with Crippen molar-refractivity contribution in [3.05, 3.63) is 29.8 Å². The number of nitrogens with one attached hydrogen (secondary N) is 1. The van der Waals surface area contributed by atoms with Gasteiger partial charge in [-0.1, -0.05) is 12.8 Å². The van der Waals surface area contributed by atoms with E-state index in [4.69, 9.17) is 5.26 Å². The van der Waals surface area contributed by atoms with Gasteiger partial charge in [-0.15, -0.1) is 0 Å². The molecule has 1 aliphatic carbocycles. The van der Waals surface area contributed by atoms with Crippen LogP contribution in [0, 0.1) is 11.3 Å².